The standard InChI is InChI=1S/C79H53NS/c1-5-18-54(19-6-1)58-32-34-61(35-33-58)68-26-13-15-30-76(68)80(66-47-40-62(41-48-66)69-28-17-29-73-72-27-14-16-31-77(72)81-78(69)73)67-49-51-71-70-50-42-63(57-24-11-4-12-25-57)52-74(70)79(75(71)53-67,64-43-36-59(37-44-64)55-20-7-2-8-21-55)65-45-38-60(39-46-65)56-22-9-3-10-23-56/h1-53H. The predicted molar refractivity (Wildman–Crippen MR) is 344 cm³/mol. The maximum absolute atomic E-state index is 2.51. The minimum Gasteiger partial charge on any atom is -0.310 e. The molecule has 13 aromatic carbocycles. The van der Waals surface area contributed by atoms with Crippen LogP contribution in [0.4, 0.5) is 17.1 Å². The van der Waals surface area contributed by atoms with Gasteiger partial charge in [0.1, 0.15) is 0 Å². The van der Waals surface area contributed by atoms with Crippen LogP contribution in [0.1, 0.15) is 22.3 Å². The third kappa shape index (κ3) is 8.39. The van der Waals surface area contributed by atoms with E-state index in [2.05, 4.69) is 326 Å². The lowest BCUT2D eigenvalue weighted by atomic mass is 9.67. The third-order valence-electron chi connectivity index (χ3n) is 16.6. The summed E-state index contributed by atoms with van der Waals surface area (Å²) in [7, 11) is 0. The molecule has 0 N–H and O–H groups in total. The van der Waals surface area contributed by atoms with Crippen LogP contribution in [-0.4, -0.2) is 0 Å². The van der Waals surface area contributed by atoms with E-state index in [1.807, 2.05) is 11.3 Å². The van der Waals surface area contributed by atoms with Gasteiger partial charge in [0, 0.05) is 37.1 Å². The molecule has 0 fully saturated rings. The van der Waals surface area contributed by atoms with Gasteiger partial charge in [-0.15, -0.1) is 11.3 Å². The van der Waals surface area contributed by atoms with E-state index in [9.17, 15) is 0 Å². The van der Waals surface area contributed by atoms with Gasteiger partial charge in [0.2, 0.25) is 0 Å². The van der Waals surface area contributed by atoms with Gasteiger partial charge in [0.05, 0.1) is 11.1 Å². The van der Waals surface area contributed by atoms with Crippen molar-refractivity contribution in [1.82, 2.24) is 0 Å². The zero-order chi connectivity index (χ0) is 53.7. The first-order valence-corrected chi connectivity index (χ1v) is 28.7. The second kappa shape index (κ2) is 20.3. The summed E-state index contributed by atoms with van der Waals surface area (Å²) in [4.78, 5) is 2.49. The number of nitrogens with zero attached hydrogens (tertiary/aromatic N) is 1. The zero-order valence-corrected chi connectivity index (χ0v) is 45.3. The summed E-state index contributed by atoms with van der Waals surface area (Å²) in [5, 5.41) is 2.61. The number of para-hydroxylation sites is 1. The number of rotatable bonds is 11. The lowest BCUT2D eigenvalue weighted by Gasteiger charge is -2.35. The van der Waals surface area contributed by atoms with Crippen LogP contribution >= 0.6 is 11.3 Å². The summed E-state index contributed by atoms with van der Waals surface area (Å²) in [5.41, 5.74) is 24.2. The van der Waals surface area contributed by atoms with Gasteiger partial charge in [-0.25, -0.2) is 0 Å². The Labute approximate surface area is 477 Å². The van der Waals surface area contributed by atoms with Crippen LogP contribution in [0.15, 0.2) is 322 Å². The van der Waals surface area contributed by atoms with Crippen molar-refractivity contribution >= 4 is 48.6 Å². The second-order valence-electron chi connectivity index (χ2n) is 21.1. The fraction of sp³-hybridized carbons (Fsp3) is 0.0127. The molecule has 0 bridgehead atoms. The number of anilines is 3. The van der Waals surface area contributed by atoms with Crippen molar-refractivity contribution < 1.29 is 0 Å². The number of hydrogen-bond donors (Lipinski definition) is 0. The van der Waals surface area contributed by atoms with E-state index in [4.69, 9.17) is 0 Å². The van der Waals surface area contributed by atoms with Crippen molar-refractivity contribution in [2.75, 3.05) is 4.90 Å². The van der Waals surface area contributed by atoms with Gasteiger partial charge < -0.3 is 4.90 Å². The molecule has 1 aliphatic carbocycles. The molecule has 81 heavy (non-hydrogen) atoms. The Morgan fingerprint density at radius 2 is 0.642 bits per heavy atom. The Morgan fingerprint density at radius 1 is 0.247 bits per heavy atom. The van der Waals surface area contributed by atoms with Gasteiger partial charge in [0.25, 0.3) is 0 Å². The molecule has 0 saturated heterocycles. The number of thiophene rings is 1. The Hall–Kier alpha value is -10.1. The fourth-order valence-electron chi connectivity index (χ4n) is 12.7. The quantitative estimate of drug-likeness (QED) is 0.125. The lowest BCUT2D eigenvalue weighted by Crippen LogP contribution is -2.29. The summed E-state index contributed by atoms with van der Waals surface area (Å²) in [5.74, 6) is 0. The van der Waals surface area contributed by atoms with E-state index in [-0.39, 0.29) is 0 Å². The molecule has 0 atom stereocenters. The fourth-order valence-corrected chi connectivity index (χ4v) is 14.0. The first-order chi connectivity index (χ1) is 40.2. The van der Waals surface area contributed by atoms with Crippen molar-refractivity contribution in [3.63, 3.8) is 0 Å². The predicted octanol–water partition coefficient (Wildman–Crippen LogP) is 21.9. The monoisotopic (exact) mass is 1050 g/mol. The average Bonchev–Trinajstić information content (AvgIpc) is 3.93. The summed E-state index contributed by atoms with van der Waals surface area (Å²) in [6.07, 6.45) is 0. The zero-order valence-electron chi connectivity index (χ0n) is 44.5. The van der Waals surface area contributed by atoms with Crippen molar-refractivity contribution in [1.29, 1.82) is 0 Å². The maximum Gasteiger partial charge on any atom is 0.0714 e. The summed E-state index contributed by atoms with van der Waals surface area (Å²) in [6.45, 7) is 0. The van der Waals surface area contributed by atoms with Crippen LogP contribution in [0.5, 0.6) is 0 Å². The Morgan fingerprint density at radius 3 is 1.23 bits per heavy atom. The molecule has 0 saturated carbocycles. The van der Waals surface area contributed by atoms with Crippen LogP contribution in [0.3, 0.4) is 0 Å². The Kier molecular flexibility index (Phi) is 12.0. The van der Waals surface area contributed by atoms with Crippen molar-refractivity contribution in [2.24, 2.45) is 0 Å². The third-order valence-corrected chi connectivity index (χ3v) is 17.8. The molecule has 380 valence electrons. The first-order valence-electron chi connectivity index (χ1n) is 27.9. The van der Waals surface area contributed by atoms with Gasteiger partial charge in [-0.05, 0) is 137 Å². The highest BCUT2D eigenvalue weighted by Crippen LogP contribution is 2.59. The van der Waals surface area contributed by atoms with E-state index in [1.54, 1.807) is 0 Å². The van der Waals surface area contributed by atoms with Crippen LogP contribution in [0, 0.1) is 0 Å². The van der Waals surface area contributed by atoms with E-state index in [1.165, 1.54) is 109 Å². The minimum atomic E-state index is -0.721. The average molecular weight is 1050 g/mol. The lowest BCUT2D eigenvalue weighted by molar-refractivity contribution is 0.769. The normalized spacial score (nSPS) is 12.3. The summed E-state index contributed by atoms with van der Waals surface area (Å²) in [6, 6.07) is 119. The van der Waals surface area contributed by atoms with Gasteiger partial charge in [-0.2, -0.15) is 0 Å². The van der Waals surface area contributed by atoms with E-state index in [0.29, 0.717) is 0 Å². The molecule has 0 radical (unpaired) electrons. The van der Waals surface area contributed by atoms with Crippen molar-refractivity contribution in [3.05, 3.63) is 344 Å². The van der Waals surface area contributed by atoms with Gasteiger partial charge in [-0.3, -0.25) is 0 Å². The molecule has 1 aliphatic rings. The largest absolute Gasteiger partial charge is 0.310 e. The molecule has 0 aliphatic heterocycles. The van der Waals surface area contributed by atoms with Crippen LogP contribution in [-0.2, 0) is 5.41 Å². The van der Waals surface area contributed by atoms with E-state index >= 15 is 0 Å². The highest BCUT2D eigenvalue weighted by molar-refractivity contribution is 7.26. The summed E-state index contributed by atoms with van der Waals surface area (Å²) < 4.78 is 2.62. The van der Waals surface area contributed by atoms with E-state index in [0.717, 1.165) is 28.2 Å². The number of benzene rings is 13. The minimum absolute atomic E-state index is 0.721. The van der Waals surface area contributed by atoms with Crippen molar-refractivity contribution in [2.45, 2.75) is 5.41 Å². The van der Waals surface area contributed by atoms with Gasteiger partial charge in [0.15, 0.2) is 0 Å². The van der Waals surface area contributed by atoms with Crippen LogP contribution in [0.2, 0.25) is 0 Å². The molecule has 15 rings (SSSR count). The first kappa shape index (κ1) is 48.0. The topological polar surface area (TPSA) is 3.24 Å². The van der Waals surface area contributed by atoms with Gasteiger partial charge in [-0.1, -0.05) is 279 Å². The molecule has 14 aromatic rings. The molecule has 0 unspecified atom stereocenters. The van der Waals surface area contributed by atoms with Crippen LogP contribution in [0.25, 0.3) is 98.1 Å². The number of fused-ring (bicyclic) bond motifs is 6. The smallest absolute Gasteiger partial charge is 0.0714 e. The molecule has 1 nitrogen and oxygen atoms in total. The molecular formula is C79H53NS. The molecule has 0 amide bonds. The Balaban J connectivity index is 0.960. The van der Waals surface area contributed by atoms with Crippen LogP contribution < -0.4 is 4.90 Å². The number of hydrogen-bond acceptors (Lipinski definition) is 2. The highest BCUT2D eigenvalue weighted by atomic mass is 32.1. The molecular weight excluding hydrogens is 995 g/mol. The molecule has 0 spiro atoms. The van der Waals surface area contributed by atoms with E-state index < -0.39 is 5.41 Å². The van der Waals surface area contributed by atoms with Gasteiger partial charge >= 0.3 is 0 Å². The molecule has 1 heterocycles. The maximum atomic E-state index is 2.51. The highest BCUT2D eigenvalue weighted by Gasteiger charge is 2.47. The molecule has 2 heteroatoms. The molecule has 1 aromatic heterocycles. The van der Waals surface area contributed by atoms with Crippen molar-refractivity contribution in [3.8, 4) is 77.9 Å². The second-order valence-corrected chi connectivity index (χ2v) is 22.2. The Bertz CT molecular complexity index is 4480. The SMILES string of the molecule is c1ccc(-c2ccc(-c3ccccc3N(c3ccc(-c4cccc5c4sc4ccccc45)cc3)c3ccc4c(c3)C(c3ccc(-c5ccccc5)cc3)(c3ccc(-c5ccccc5)cc3)c3cc(-c5ccccc5)ccc3-4)cc2)cc1. The summed E-state index contributed by atoms with van der Waals surface area (Å²) >= 11 is 1.88.